The van der Waals surface area contributed by atoms with Crippen molar-refractivity contribution in [2.45, 2.75) is 38.0 Å². The second kappa shape index (κ2) is 8.17. The van der Waals surface area contributed by atoms with Gasteiger partial charge in [0.2, 0.25) is 5.91 Å². The molecule has 1 heterocycles. The lowest BCUT2D eigenvalue weighted by Crippen LogP contribution is -2.53. The van der Waals surface area contributed by atoms with Gasteiger partial charge in [-0.05, 0) is 25.0 Å². The summed E-state index contributed by atoms with van der Waals surface area (Å²) >= 11 is 1.57. The highest BCUT2D eigenvalue weighted by atomic mass is 32.2. The third kappa shape index (κ3) is 5.20. The molecule has 0 aliphatic heterocycles. The molecule has 5 heteroatoms. The molecule has 1 aromatic rings. The number of carbonyl (C=O) groups is 1. The van der Waals surface area contributed by atoms with Gasteiger partial charge in [-0.25, -0.2) is 0 Å². The number of amides is 1. The fourth-order valence-electron chi connectivity index (χ4n) is 1.83. The van der Waals surface area contributed by atoms with E-state index in [1.165, 1.54) is 0 Å². The highest BCUT2D eigenvalue weighted by molar-refractivity contribution is 7.99. The molecule has 0 aromatic carbocycles. The second-order valence-corrected chi connectivity index (χ2v) is 5.54. The Hall–Kier alpha value is -1.07. The van der Waals surface area contributed by atoms with Gasteiger partial charge in [0, 0.05) is 18.5 Å². The maximum absolute atomic E-state index is 11.9. The van der Waals surface area contributed by atoms with E-state index in [2.05, 4.69) is 24.1 Å². The van der Waals surface area contributed by atoms with E-state index >= 15 is 0 Å². The van der Waals surface area contributed by atoms with Crippen LogP contribution in [0.4, 0.5) is 0 Å². The number of thioether (sulfide) groups is 1. The summed E-state index contributed by atoms with van der Waals surface area (Å²) in [6, 6.07) is 5.81. The van der Waals surface area contributed by atoms with E-state index in [4.69, 9.17) is 5.73 Å². The van der Waals surface area contributed by atoms with Crippen LogP contribution in [-0.2, 0) is 10.5 Å². The Morgan fingerprint density at radius 1 is 1.42 bits per heavy atom. The first kappa shape index (κ1) is 16.0. The average Bonchev–Trinajstić information content (AvgIpc) is 2.46. The molecule has 0 unspecified atom stereocenters. The Morgan fingerprint density at radius 3 is 2.68 bits per heavy atom. The summed E-state index contributed by atoms with van der Waals surface area (Å²) in [6.45, 7) is 4.59. The largest absolute Gasteiger partial charge is 0.349 e. The molecule has 0 aliphatic carbocycles. The standard InChI is InChI=1S/C14H23N3OS/c1-3-14(4-2,11-15)17-13(18)10-19-9-12-7-5-6-8-16-12/h5-8H,3-4,9-11,15H2,1-2H3,(H,17,18). The molecule has 0 spiro atoms. The van der Waals surface area contributed by atoms with Crippen molar-refractivity contribution in [3.05, 3.63) is 30.1 Å². The molecule has 1 rings (SSSR count). The minimum absolute atomic E-state index is 0.0510. The Bertz CT molecular complexity index is 371. The van der Waals surface area contributed by atoms with Gasteiger partial charge in [-0.2, -0.15) is 0 Å². The van der Waals surface area contributed by atoms with E-state index in [1.807, 2.05) is 18.2 Å². The molecule has 0 aliphatic rings. The number of hydrogen-bond donors (Lipinski definition) is 2. The van der Waals surface area contributed by atoms with Crippen LogP contribution in [0.25, 0.3) is 0 Å². The first-order valence-corrected chi connectivity index (χ1v) is 7.80. The highest BCUT2D eigenvalue weighted by Gasteiger charge is 2.25. The maximum atomic E-state index is 11.9. The van der Waals surface area contributed by atoms with Crippen molar-refractivity contribution < 1.29 is 4.79 Å². The smallest absolute Gasteiger partial charge is 0.230 e. The van der Waals surface area contributed by atoms with Crippen LogP contribution in [0, 0.1) is 0 Å². The monoisotopic (exact) mass is 281 g/mol. The Kier molecular flexibility index (Phi) is 6.87. The van der Waals surface area contributed by atoms with Gasteiger partial charge in [0.1, 0.15) is 0 Å². The molecule has 3 N–H and O–H groups in total. The zero-order valence-electron chi connectivity index (χ0n) is 11.7. The van der Waals surface area contributed by atoms with Crippen molar-refractivity contribution in [1.29, 1.82) is 0 Å². The number of nitrogens with two attached hydrogens (primary N) is 1. The number of carbonyl (C=O) groups excluding carboxylic acids is 1. The molecule has 0 radical (unpaired) electrons. The average molecular weight is 281 g/mol. The molecule has 106 valence electrons. The number of pyridine rings is 1. The number of aromatic nitrogens is 1. The third-order valence-electron chi connectivity index (χ3n) is 3.36. The molecule has 0 fully saturated rings. The molecule has 0 saturated heterocycles. The van der Waals surface area contributed by atoms with E-state index in [1.54, 1.807) is 18.0 Å². The Balaban J connectivity index is 2.35. The normalized spacial score (nSPS) is 11.3. The molecular formula is C14H23N3OS. The molecule has 19 heavy (non-hydrogen) atoms. The van der Waals surface area contributed by atoms with Gasteiger partial charge in [0.25, 0.3) is 0 Å². The number of nitrogens with one attached hydrogen (secondary N) is 1. The first-order chi connectivity index (χ1) is 9.15. The summed E-state index contributed by atoms with van der Waals surface area (Å²) in [4.78, 5) is 16.1. The van der Waals surface area contributed by atoms with Crippen LogP contribution < -0.4 is 11.1 Å². The van der Waals surface area contributed by atoms with Crippen LogP contribution in [0.5, 0.6) is 0 Å². The lowest BCUT2D eigenvalue weighted by molar-refractivity contribution is -0.120. The maximum Gasteiger partial charge on any atom is 0.230 e. The molecular weight excluding hydrogens is 258 g/mol. The van der Waals surface area contributed by atoms with Gasteiger partial charge < -0.3 is 11.1 Å². The Labute approximate surface area is 119 Å². The van der Waals surface area contributed by atoms with Crippen molar-refractivity contribution in [1.82, 2.24) is 10.3 Å². The summed E-state index contributed by atoms with van der Waals surface area (Å²) in [5, 5.41) is 3.06. The van der Waals surface area contributed by atoms with E-state index in [9.17, 15) is 4.79 Å². The molecule has 0 saturated carbocycles. The fourth-order valence-corrected chi connectivity index (χ4v) is 2.57. The van der Waals surface area contributed by atoms with Crippen LogP contribution in [0.3, 0.4) is 0 Å². The van der Waals surface area contributed by atoms with Crippen molar-refractivity contribution in [2.24, 2.45) is 5.73 Å². The minimum Gasteiger partial charge on any atom is -0.349 e. The number of nitrogens with zero attached hydrogens (tertiary/aromatic N) is 1. The SMILES string of the molecule is CCC(CC)(CN)NC(=O)CSCc1ccccn1. The van der Waals surface area contributed by atoms with Crippen molar-refractivity contribution in [3.8, 4) is 0 Å². The molecule has 1 aromatic heterocycles. The van der Waals surface area contributed by atoms with Gasteiger partial charge in [-0.1, -0.05) is 19.9 Å². The van der Waals surface area contributed by atoms with E-state index in [-0.39, 0.29) is 11.4 Å². The lowest BCUT2D eigenvalue weighted by atomic mass is 9.93. The van der Waals surface area contributed by atoms with Crippen LogP contribution >= 0.6 is 11.8 Å². The van der Waals surface area contributed by atoms with Gasteiger partial charge >= 0.3 is 0 Å². The van der Waals surface area contributed by atoms with Gasteiger partial charge in [-0.3, -0.25) is 9.78 Å². The molecule has 0 bridgehead atoms. The summed E-state index contributed by atoms with van der Waals surface area (Å²) in [5.74, 6) is 1.25. The summed E-state index contributed by atoms with van der Waals surface area (Å²) < 4.78 is 0. The van der Waals surface area contributed by atoms with Crippen LogP contribution in [0.2, 0.25) is 0 Å². The van der Waals surface area contributed by atoms with Crippen molar-refractivity contribution in [3.63, 3.8) is 0 Å². The van der Waals surface area contributed by atoms with E-state index in [0.29, 0.717) is 12.3 Å². The summed E-state index contributed by atoms with van der Waals surface area (Å²) in [6.07, 6.45) is 3.48. The van der Waals surface area contributed by atoms with E-state index < -0.39 is 0 Å². The minimum atomic E-state index is -0.247. The predicted molar refractivity (Wildman–Crippen MR) is 80.9 cm³/mol. The number of rotatable bonds is 8. The van der Waals surface area contributed by atoms with Gasteiger partial charge in [0.15, 0.2) is 0 Å². The van der Waals surface area contributed by atoms with Crippen LogP contribution in [0.1, 0.15) is 32.4 Å². The molecule has 1 amide bonds. The Morgan fingerprint density at radius 2 is 2.16 bits per heavy atom. The first-order valence-electron chi connectivity index (χ1n) is 6.64. The quantitative estimate of drug-likeness (QED) is 0.764. The van der Waals surface area contributed by atoms with Gasteiger partial charge in [0.05, 0.1) is 17.0 Å². The highest BCUT2D eigenvalue weighted by Crippen LogP contribution is 2.14. The molecule has 0 atom stereocenters. The summed E-state index contributed by atoms with van der Waals surface area (Å²) in [7, 11) is 0. The zero-order chi connectivity index (χ0) is 14.1. The second-order valence-electron chi connectivity index (χ2n) is 4.55. The zero-order valence-corrected chi connectivity index (χ0v) is 12.5. The predicted octanol–water partition coefficient (Wildman–Crippen LogP) is 1.95. The van der Waals surface area contributed by atoms with Crippen molar-refractivity contribution in [2.75, 3.05) is 12.3 Å². The topological polar surface area (TPSA) is 68.0 Å². The van der Waals surface area contributed by atoms with Crippen molar-refractivity contribution >= 4 is 17.7 Å². The number of hydrogen-bond acceptors (Lipinski definition) is 4. The summed E-state index contributed by atoms with van der Waals surface area (Å²) in [5.41, 5.74) is 6.51. The fraction of sp³-hybridized carbons (Fsp3) is 0.571. The van der Waals surface area contributed by atoms with Crippen LogP contribution in [0.15, 0.2) is 24.4 Å². The third-order valence-corrected chi connectivity index (χ3v) is 4.32. The van der Waals surface area contributed by atoms with Gasteiger partial charge in [-0.15, -0.1) is 11.8 Å². The van der Waals surface area contributed by atoms with Crippen LogP contribution in [-0.4, -0.2) is 28.7 Å². The lowest BCUT2D eigenvalue weighted by Gasteiger charge is -2.31. The molecule has 4 nitrogen and oxygen atoms in total. The van der Waals surface area contributed by atoms with E-state index in [0.717, 1.165) is 24.3 Å².